The van der Waals surface area contributed by atoms with E-state index in [0.29, 0.717) is 0 Å². The maximum atomic E-state index is 10.6. The van der Waals surface area contributed by atoms with Crippen LogP contribution in [-0.2, 0) is 0 Å². The Morgan fingerprint density at radius 1 is 1.17 bits per heavy atom. The Morgan fingerprint density at radius 3 is 2.89 bits per heavy atom. The molecule has 1 atom stereocenters. The summed E-state index contributed by atoms with van der Waals surface area (Å²) in [4.78, 5) is 4.10. The molecule has 90 valence electrons. The predicted molar refractivity (Wildman–Crippen MR) is 74.9 cm³/mol. The molecule has 0 spiro atoms. The van der Waals surface area contributed by atoms with Crippen LogP contribution in [0.25, 0.3) is 10.1 Å². The van der Waals surface area contributed by atoms with Crippen LogP contribution in [0.1, 0.15) is 22.8 Å². The average Bonchev–Trinajstić information content (AvgIpc) is 2.86. The Balaban J connectivity index is 2.15. The van der Waals surface area contributed by atoms with Gasteiger partial charge in [-0.2, -0.15) is 0 Å². The second-order valence-corrected chi connectivity index (χ2v) is 5.24. The van der Waals surface area contributed by atoms with Crippen LogP contribution in [0.15, 0.2) is 48.1 Å². The lowest BCUT2D eigenvalue weighted by atomic mass is 9.99. The molecule has 0 amide bonds. The summed E-state index contributed by atoms with van der Waals surface area (Å²) in [6, 6.07) is 10.0. The highest BCUT2D eigenvalue weighted by Crippen LogP contribution is 2.32. The largest absolute Gasteiger partial charge is 0.384 e. The van der Waals surface area contributed by atoms with Crippen LogP contribution in [0, 0.1) is 6.92 Å². The summed E-state index contributed by atoms with van der Waals surface area (Å²) in [7, 11) is 0. The van der Waals surface area contributed by atoms with Gasteiger partial charge in [0.1, 0.15) is 6.10 Å². The molecule has 1 aromatic carbocycles. The van der Waals surface area contributed by atoms with Crippen molar-refractivity contribution >= 4 is 21.4 Å². The summed E-state index contributed by atoms with van der Waals surface area (Å²) in [5, 5.41) is 13.8. The first-order valence-corrected chi connectivity index (χ1v) is 6.70. The van der Waals surface area contributed by atoms with E-state index in [0.717, 1.165) is 21.4 Å². The third kappa shape index (κ3) is 1.82. The lowest BCUT2D eigenvalue weighted by Crippen LogP contribution is -2.02. The molecule has 0 aliphatic rings. The van der Waals surface area contributed by atoms with Gasteiger partial charge < -0.3 is 5.11 Å². The molecule has 0 saturated heterocycles. The molecule has 3 rings (SSSR count). The van der Waals surface area contributed by atoms with Crippen LogP contribution in [0.2, 0.25) is 0 Å². The van der Waals surface area contributed by atoms with Crippen molar-refractivity contribution < 1.29 is 5.11 Å². The zero-order valence-corrected chi connectivity index (χ0v) is 10.8. The molecule has 2 aromatic heterocycles. The molecule has 0 saturated carbocycles. The van der Waals surface area contributed by atoms with Gasteiger partial charge in [0, 0.05) is 28.2 Å². The van der Waals surface area contributed by atoms with E-state index in [2.05, 4.69) is 22.5 Å². The van der Waals surface area contributed by atoms with E-state index in [4.69, 9.17) is 0 Å². The molecule has 1 unspecified atom stereocenters. The molecule has 0 aliphatic carbocycles. The van der Waals surface area contributed by atoms with Crippen LogP contribution in [0.4, 0.5) is 0 Å². The number of aryl methyl sites for hydroxylation is 1. The lowest BCUT2D eigenvalue weighted by Gasteiger charge is -2.14. The fourth-order valence-corrected chi connectivity index (χ4v) is 3.10. The van der Waals surface area contributed by atoms with Crippen LogP contribution in [0.3, 0.4) is 0 Å². The van der Waals surface area contributed by atoms with Crippen molar-refractivity contribution in [2.75, 3.05) is 0 Å². The Labute approximate surface area is 110 Å². The molecular weight excluding hydrogens is 242 g/mol. The zero-order chi connectivity index (χ0) is 12.5. The topological polar surface area (TPSA) is 33.1 Å². The number of aromatic nitrogens is 1. The highest BCUT2D eigenvalue weighted by molar-refractivity contribution is 7.17. The number of pyridine rings is 1. The second-order valence-electron chi connectivity index (χ2n) is 4.32. The third-order valence-corrected chi connectivity index (χ3v) is 4.16. The van der Waals surface area contributed by atoms with Crippen molar-refractivity contribution in [2.24, 2.45) is 0 Å². The maximum absolute atomic E-state index is 10.6. The van der Waals surface area contributed by atoms with Crippen molar-refractivity contribution in [1.29, 1.82) is 0 Å². The molecule has 0 aliphatic heterocycles. The molecular formula is C15H13NOS. The third-order valence-electron chi connectivity index (χ3n) is 3.18. The van der Waals surface area contributed by atoms with Crippen molar-refractivity contribution in [1.82, 2.24) is 4.98 Å². The lowest BCUT2D eigenvalue weighted by molar-refractivity contribution is 0.221. The standard InChI is InChI=1S/C15H13NOS/c1-10-5-7-16-9-13(10)14(17)12-4-2-3-11-6-8-18-15(11)12/h2-9,14,17H,1H3. The molecule has 0 fully saturated rings. The van der Waals surface area contributed by atoms with Gasteiger partial charge in [-0.15, -0.1) is 11.3 Å². The second kappa shape index (κ2) is 4.52. The first-order chi connectivity index (χ1) is 8.77. The van der Waals surface area contributed by atoms with Crippen LogP contribution < -0.4 is 0 Å². The van der Waals surface area contributed by atoms with Gasteiger partial charge in [-0.3, -0.25) is 4.98 Å². The van der Waals surface area contributed by atoms with E-state index in [-0.39, 0.29) is 0 Å². The van der Waals surface area contributed by atoms with Gasteiger partial charge in [-0.1, -0.05) is 18.2 Å². The van der Waals surface area contributed by atoms with Crippen LogP contribution >= 0.6 is 11.3 Å². The molecule has 3 aromatic rings. The Morgan fingerprint density at radius 2 is 2.06 bits per heavy atom. The first-order valence-electron chi connectivity index (χ1n) is 5.82. The van der Waals surface area contributed by atoms with Gasteiger partial charge >= 0.3 is 0 Å². The van der Waals surface area contributed by atoms with Crippen LogP contribution in [0.5, 0.6) is 0 Å². The quantitative estimate of drug-likeness (QED) is 0.757. The van der Waals surface area contributed by atoms with E-state index in [1.165, 1.54) is 5.39 Å². The minimum absolute atomic E-state index is 0.610. The zero-order valence-electron chi connectivity index (χ0n) is 10.00. The Kier molecular flexibility index (Phi) is 2.86. The van der Waals surface area contributed by atoms with Gasteiger partial charge in [0.15, 0.2) is 0 Å². The van der Waals surface area contributed by atoms with E-state index >= 15 is 0 Å². The van der Waals surface area contributed by atoms with E-state index < -0.39 is 6.10 Å². The van der Waals surface area contributed by atoms with Gasteiger partial charge in [-0.05, 0) is 35.4 Å². The summed E-state index contributed by atoms with van der Waals surface area (Å²) in [5.41, 5.74) is 2.89. The summed E-state index contributed by atoms with van der Waals surface area (Å²) in [6.45, 7) is 1.99. The monoisotopic (exact) mass is 255 g/mol. The highest BCUT2D eigenvalue weighted by Gasteiger charge is 2.16. The molecule has 2 nitrogen and oxygen atoms in total. The number of thiophene rings is 1. The Bertz CT molecular complexity index is 690. The van der Waals surface area contributed by atoms with Gasteiger partial charge in [0.2, 0.25) is 0 Å². The van der Waals surface area contributed by atoms with Gasteiger partial charge in [-0.25, -0.2) is 0 Å². The van der Waals surface area contributed by atoms with E-state index in [9.17, 15) is 5.11 Å². The normalized spacial score (nSPS) is 12.8. The number of rotatable bonds is 2. The van der Waals surface area contributed by atoms with E-state index in [1.54, 1.807) is 23.7 Å². The Hall–Kier alpha value is -1.71. The molecule has 0 bridgehead atoms. The van der Waals surface area contributed by atoms with Crippen molar-refractivity contribution in [3.05, 3.63) is 64.8 Å². The number of aliphatic hydroxyl groups excluding tert-OH is 1. The molecule has 0 radical (unpaired) electrons. The number of aliphatic hydroxyl groups is 1. The number of hydrogen-bond donors (Lipinski definition) is 1. The fraction of sp³-hybridized carbons (Fsp3) is 0.133. The molecule has 1 N–H and O–H groups in total. The summed E-state index contributed by atoms with van der Waals surface area (Å²) in [6.07, 6.45) is 2.88. The van der Waals surface area contributed by atoms with Gasteiger partial charge in [0.05, 0.1) is 0 Å². The van der Waals surface area contributed by atoms with Crippen molar-refractivity contribution in [3.63, 3.8) is 0 Å². The molecule has 3 heteroatoms. The SMILES string of the molecule is Cc1ccncc1C(O)c1cccc2ccsc12. The fourth-order valence-electron chi connectivity index (χ4n) is 2.16. The number of benzene rings is 1. The summed E-state index contributed by atoms with van der Waals surface area (Å²) in [5.74, 6) is 0. The number of hydrogen-bond acceptors (Lipinski definition) is 3. The number of fused-ring (bicyclic) bond motifs is 1. The number of nitrogens with zero attached hydrogens (tertiary/aromatic N) is 1. The smallest absolute Gasteiger partial charge is 0.107 e. The van der Waals surface area contributed by atoms with Gasteiger partial charge in [0.25, 0.3) is 0 Å². The summed E-state index contributed by atoms with van der Waals surface area (Å²) < 4.78 is 1.15. The van der Waals surface area contributed by atoms with Crippen LogP contribution in [-0.4, -0.2) is 10.1 Å². The van der Waals surface area contributed by atoms with Crippen molar-refractivity contribution in [2.45, 2.75) is 13.0 Å². The minimum Gasteiger partial charge on any atom is -0.384 e. The highest BCUT2D eigenvalue weighted by atomic mass is 32.1. The predicted octanol–water partition coefficient (Wildman–Crippen LogP) is 3.69. The molecule has 18 heavy (non-hydrogen) atoms. The average molecular weight is 255 g/mol. The summed E-state index contributed by atoms with van der Waals surface area (Å²) >= 11 is 1.66. The van der Waals surface area contributed by atoms with Crippen molar-refractivity contribution in [3.8, 4) is 0 Å². The minimum atomic E-state index is -0.610. The maximum Gasteiger partial charge on any atom is 0.107 e. The van der Waals surface area contributed by atoms with E-state index in [1.807, 2.05) is 25.1 Å². The first kappa shape index (κ1) is 11.4. The molecule has 2 heterocycles.